The second-order valence-electron chi connectivity index (χ2n) is 14.2. The van der Waals surface area contributed by atoms with E-state index in [4.69, 9.17) is 0 Å². The van der Waals surface area contributed by atoms with Crippen LogP contribution < -0.4 is 0 Å². The van der Waals surface area contributed by atoms with Crippen LogP contribution in [0.25, 0.3) is 0 Å². The number of rotatable bonds is 9. The van der Waals surface area contributed by atoms with Crippen LogP contribution in [0.1, 0.15) is 65.9 Å². The van der Waals surface area contributed by atoms with Gasteiger partial charge in [0.25, 0.3) is 0 Å². The lowest BCUT2D eigenvalue weighted by atomic mass is 9.77. The topological polar surface area (TPSA) is 81.2 Å². The van der Waals surface area contributed by atoms with Gasteiger partial charge in [0.2, 0.25) is 17.7 Å². The van der Waals surface area contributed by atoms with Crippen molar-refractivity contribution >= 4 is 29.5 Å². The van der Waals surface area contributed by atoms with Crippen molar-refractivity contribution in [3.8, 4) is 0 Å². The van der Waals surface area contributed by atoms with Crippen LogP contribution in [-0.4, -0.2) is 85.3 Å². The predicted molar refractivity (Wildman–Crippen MR) is 168 cm³/mol. The number of unbranched alkanes of at least 4 members (excludes halogenated alkanes) is 2. The molecule has 4 aliphatic heterocycles. The minimum Gasteiger partial charge on any atom is -0.396 e. The van der Waals surface area contributed by atoms with Gasteiger partial charge in [-0.15, -0.1) is 11.8 Å². The second-order valence-corrected chi connectivity index (χ2v) is 15.7. The smallest absolute Gasteiger partial charge is 0.247 e. The number of hydrogen-bond donors (Lipinski definition) is 1. The zero-order valence-corrected chi connectivity index (χ0v) is 26.6. The maximum atomic E-state index is 14.7. The number of hydrogen-bond acceptors (Lipinski definition) is 5. The van der Waals surface area contributed by atoms with E-state index in [1.165, 1.54) is 0 Å². The van der Waals surface area contributed by atoms with Crippen molar-refractivity contribution in [2.24, 2.45) is 17.3 Å². The zero-order valence-electron chi connectivity index (χ0n) is 25.8. The highest BCUT2D eigenvalue weighted by Crippen LogP contribution is 2.61. The Labute approximate surface area is 255 Å². The highest BCUT2D eigenvalue weighted by atomic mass is 32.2. The normalized spacial score (nSPS) is 29.5. The van der Waals surface area contributed by atoms with Crippen molar-refractivity contribution < 1.29 is 19.5 Å². The minimum atomic E-state index is -0.803. The highest BCUT2D eigenvalue weighted by molar-refractivity contribution is 8.02. The third-order valence-electron chi connectivity index (χ3n) is 9.21. The quantitative estimate of drug-likeness (QED) is 0.333. The number of carbonyl (C=O) groups is 3. The van der Waals surface area contributed by atoms with Gasteiger partial charge in [-0.05, 0) is 50.5 Å². The van der Waals surface area contributed by atoms with E-state index in [1.54, 1.807) is 16.7 Å². The Morgan fingerprint density at radius 1 is 0.929 bits per heavy atom. The summed E-state index contributed by atoms with van der Waals surface area (Å²) in [5, 5.41) is 9.17. The van der Waals surface area contributed by atoms with Gasteiger partial charge in [0.15, 0.2) is 0 Å². The molecule has 228 valence electrons. The Hall–Kier alpha value is -2.58. The van der Waals surface area contributed by atoms with E-state index in [-0.39, 0.29) is 35.0 Å². The Morgan fingerprint density at radius 3 is 2.36 bits per heavy atom. The van der Waals surface area contributed by atoms with E-state index in [0.29, 0.717) is 39.0 Å². The molecule has 1 aromatic rings. The number of benzene rings is 1. The number of thioether (sulfide) groups is 1. The predicted octanol–water partition coefficient (Wildman–Crippen LogP) is 4.66. The molecule has 5 atom stereocenters. The molecule has 3 amide bonds. The lowest BCUT2D eigenvalue weighted by Crippen LogP contribution is -2.58. The molecule has 1 N–H and O–H groups in total. The lowest BCUT2D eigenvalue weighted by molar-refractivity contribution is -0.147. The van der Waals surface area contributed by atoms with Gasteiger partial charge in [0.1, 0.15) is 6.04 Å². The summed E-state index contributed by atoms with van der Waals surface area (Å²) in [5.74, 6) is -1.24. The van der Waals surface area contributed by atoms with E-state index >= 15 is 0 Å². The average Bonchev–Trinajstić information content (AvgIpc) is 3.22. The molecule has 0 aliphatic carbocycles. The van der Waals surface area contributed by atoms with Crippen LogP contribution in [0.3, 0.4) is 0 Å². The van der Waals surface area contributed by atoms with Crippen molar-refractivity contribution in [1.82, 2.24) is 14.7 Å². The van der Waals surface area contributed by atoms with Crippen LogP contribution in [0.15, 0.2) is 54.6 Å². The maximum absolute atomic E-state index is 14.7. The summed E-state index contributed by atoms with van der Waals surface area (Å²) >= 11 is 1.64. The average molecular weight is 594 g/mol. The fraction of sp³-hybridized carbons (Fsp3) is 0.618. The molecule has 1 unspecified atom stereocenters. The molecule has 0 aromatic heterocycles. The number of carbonyl (C=O) groups excluding carboxylic acids is 3. The summed E-state index contributed by atoms with van der Waals surface area (Å²) < 4.78 is -0.803. The molecule has 5 rings (SSSR count). The third kappa shape index (κ3) is 5.69. The van der Waals surface area contributed by atoms with Crippen molar-refractivity contribution in [2.45, 2.75) is 88.4 Å². The number of nitrogens with zero attached hydrogens (tertiary/aromatic N) is 3. The van der Waals surface area contributed by atoms with Crippen LogP contribution in [-0.2, 0) is 20.9 Å². The SMILES string of the molecule is CC(C)(C)CC(C)(C)N1CC=C[C@]23S[C@@H]4C=CCN(Cc5ccccc5)C(=O)[C@@H]4[C@H]2C(=O)N(CCCCCO)C3C1=O. The van der Waals surface area contributed by atoms with Gasteiger partial charge in [0, 0.05) is 43.6 Å². The molecule has 8 heteroatoms. The lowest BCUT2D eigenvalue weighted by Gasteiger charge is -2.44. The number of fused-ring (bicyclic) bond motifs is 2. The summed E-state index contributed by atoms with van der Waals surface area (Å²) in [6.07, 6.45) is 11.3. The fourth-order valence-electron chi connectivity index (χ4n) is 7.88. The molecule has 42 heavy (non-hydrogen) atoms. The second kappa shape index (κ2) is 11.8. The first kappa shape index (κ1) is 30.9. The van der Waals surface area contributed by atoms with Gasteiger partial charge in [0.05, 0.1) is 16.6 Å². The van der Waals surface area contributed by atoms with Crippen LogP contribution in [0, 0.1) is 17.3 Å². The Bertz CT molecular complexity index is 1240. The van der Waals surface area contributed by atoms with Crippen LogP contribution in [0.4, 0.5) is 0 Å². The third-order valence-corrected chi connectivity index (χ3v) is 11.0. The standard InChI is InChI=1S/C34H47N3O4S/c1-32(2,3)23-33(4,5)37-20-13-17-34-27(30(40)36(28(34)31(37)41)19-10-7-11-21-38)26-25(42-34)16-12-18-35(29(26)39)22-24-14-8-6-9-15-24/h6,8-9,12-17,25-28,38H,7,10-11,18-23H2,1-5H3/t25-,26+,27+,28?,34+/m1/s1. The first-order valence-corrected chi connectivity index (χ1v) is 16.4. The first-order chi connectivity index (χ1) is 19.9. The fourth-order valence-corrected chi connectivity index (χ4v) is 9.89. The molecule has 1 spiro atoms. The van der Waals surface area contributed by atoms with Crippen molar-refractivity contribution in [3.05, 3.63) is 60.2 Å². The molecule has 7 nitrogen and oxygen atoms in total. The molecule has 4 aliphatic rings. The Kier molecular flexibility index (Phi) is 8.70. The van der Waals surface area contributed by atoms with Gasteiger partial charge >= 0.3 is 0 Å². The van der Waals surface area contributed by atoms with Crippen molar-refractivity contribution in [1.29, 1.82) is 0 Å². The molecular weight excluding hydrogens is 546 g/mol. The van der Waals surface area contributed by atoms with Crippen LogP contribution in [0.2, 0.25) is 0 Å². The molecule has 2 saturated heterocycles. The molecule has 4 heterocycles. The zero-order chi connectivity index (χ0) is 30.3. The number of likely N-dealkylation sites (tertiary alicyclic amines) is 1. The van der Waals surface area contributed by atoms with Gasteiger partial charge < -0.3 is 19.8 Å². The number of aliphatic hydroxyl groups excluding tert-OH is 1. The summed E-state index contributed by atoms with van der Waals surface area (Å²) in [6.45, 7) is 12.9. The van der Waals surface area contributed by atoms with Crippen LogP contribution >= 0.6 is 11.8 Å². The van der Waals surface area contributed by atoms with E-state index in [9.17, 15) is 19.5 Å². The van der Waals surface area contributed by atoms with Gasteiger partial charge in [-0.25, -0.2) is 0 Å². The molecular formula is C34H47N3O4S. The summed E-state index contributed by atoms with van der Waals surface area (Å²) in [4.78, 5) is 49.2. The Morgan fingerprint density at radius 2 is 1.67 bits per heavy atom. The van der Waals surface area contributed by atoms with Crippen molar-refractivity contribution in [3.63, 3.8) is 0 Å². The molecule has 1 aromatic carbocycles. The largest absolute Gasteiger partial charge is 0.396 e. The van der Waals surface area contributed by atoms with Gasteiger partial charge in [-0.2, -0.15) is 0 Å². The highest BCUT2D eigenvalue weighted by Gasteiger charge is 2.71. The first-order valence-electron chi connectivity index (χ1n) is 15.5. The monoisotopic (exact) mass is 593 g/mol. The number of amides is 3. The molecule has 0 radical (unpaired) electrons. The van der Waals surface area contributed by atoms with Crippen molar-refractivity contribution in [2.75, 3.05) is 26.2 Å². The van der Waals surface area contributed by atoms with Gasteiger partial charge in [-0.3, -0.25) is 14.4 Å². The Balaban J connectivity index is 1.52. The van der Waals surface area contributed by atoms with E-state index < -0.39 is 28.2 Å². The van der Waals surface area contributed by atoms with Gasteiger partial charge in [-0.1, -0.05) is 75.4 Å². The minimum absolute atomic E-state index is 0.00697. The molecule has 2 fully saturated rings. The summed E-state index contributed by atoms with van der Waals surface area (Å²) in [5.41, 5.74) is 0.662. The number of aliphatic hydroxyl groups is 1. The molecule has 0 bridgehead atoms. The van der Waals surface area contributed by atoms with E-state index in [1.807, 2.05) is 40.1 Å². The van der Waals surface area contributed by atoms with Crippen LogP contribution in [0.5, 0.6) is 0 Å². The van der Waals surface area contributed by atoms with E-state index in [2.05, 4.69) is 58.9 Å². The summed E-state index contributed by atoms with van der Waals surface area (Å²) in [7, 11) is 0. The molecule has 0 saturated carbocycles. The van der Waals surface area contributed by atoms with E-state index in [0.717, 1.165) is 18.4 Å². The maximum Gasteiger partial charge on any atom is 0.247 e. The summed E-state index contributed by atoms with van der Waals surface area (Å²) in [6, 6.07) is 9.31.